The van der Waals surface area contributed by atoms with Gasteiger partial charge in [-0.05, 0) is 29.8 Å². The van der Waals surface area contributed by atoms with Crippen molar-refractivity contribution in [1.82, 2.24) is 15.0 Å². The number of rotatable bonds is 9. The molecule has 9 nitrogen and oxygen atoms in total. The number of hydrogen-bond acceptors (Lipinski definition) is 8. The molecule has 2 N–H and O–H groups in total. The number of ether oxygens (including phenoxy) is 3. The highest BCUT2D eigenvalue weighted by molar-refractivity contribution is 5.92. The van der Waals surface area contributed by atoms with Crippen molar-refractivity contribution in [3.63, 3.8) is 0 Å². The van der Waals surface area contributed by atoms with Crippen LogP contribution in [0.4, 0.5) is 17.3 Å². The minimum atomic E-state index is -0.123. The molecule has 0 saturated carbocycles. The predicted octanol–water partition coefficient (Wildman–Crippen LogP) is 4.49. The quantitative estimate of drug-likeness (QED) is 0.368. The summed E-state index contributed by atoms with van der Waals surface area (Å²) in [7, 11) is 4.66. The number of carbonyl (C=O) groups excluding carboxylic acids is 1. The van der Waals surface area contributed by atoms with Crippen LogP contribution in [-0.4, -0.2) is 42.2 Å². The van der Waals surface area contributed by atoms with Crippen molar-refractivity contribution < 1.29 is 19.0 Å². The molecule has 0 unspecified atom stereocenters. The average Bonchev–Trinajstić information content (AvgIpc) is 2.89. The van der Waals surface area contributed by atoms with E-state index in [0.29, 0.717) is 40.3 Å². The summed E-state index contributed by atoms with van der Waals surface area (Å²) >= 11 is 0. The molecule has 0 spiro atoms. The van der Waals surface area contributed by atoms with Gasteiger partial charge in [-0.1, -0.05) is 18.2 Å². The normalized spacial score (nSPS) is 10.4. The molecule has 0 bridgehead atoms. The standard InChI is InChI=1S/C26H25N5O4/c1-33-22-14-20(15-23(34-2)25(22)35-3)30-26-28-11-9-21(31-26)18-7-4-8-19(13-18)29-24(32)12-17-6-5-10-27-16-17/h4-11,13-16H,12H2,1-3H3,(H,29,32)(H,28,30,31). The van der Waals surface area contributed by atoms with Gasteiger partial charge in [-0.2, -0.15) is 0 Å². The lowest BCUT2D eigenvalue weighted by Gasteiger charge is -2.14. The van der Waals surface area contributed by atoms with Gasteiger partial charge in [0.2, 0.25) is 17.6 Å². The van der Waals surface area contributed by atoms with Crippen molar-refractivity contribution in [3.05, 3.63) is 78.8 Å². The topological polar surface area (TPSA) is 107 Å². The molecule has 4 rings (SSSR count). The van der Waals surface area contributed by atoms with Gasteiger partial charge < -0.3 is 24.8 Å². The highest BCUT2D eigenvalue weighted by atomic mass is 16.5. The summed E-state index contributed by atoms with van der Waals surface area (Å²) in [6.45, 7) is 0. The Morgan fingerprint density at radius 3 is 2.37 bits per heavy atom. The Bertz CT molecular complexity index is 1290. The van der Waals surface area contributed by atoms with Crippen LogP contribution >= 0.6 is 0 Å². The molecule has 0 aliphatic rings. The Hall–Kier alpha value is -4.66. The molecule has 9 heteroatoms. The first-order valence-electron chi connectivity index (χ1n) is 10.8. The smallest absolute Gasteiger partial charge is 0.228 e. The Kier molecular flexibility index (Phi) is 7.37. The number of hydrogen-bond donors (Lipinski definition) is 2. The number of benzene rings is 2. The summed E-state index contributed by atoms with van der Waals surface area (Å²) < 4.78 is 16.2. The van der Waals surface area contributed by atoms with E-state index < -0.39 is 0 Å². The molecule has 2 aromatic carbocycles. The van der Waals surface area contributed by atoms with E-state index in [-0.39, 0.29) is 12.3 Å². The first-order chi connectivity index (χ1) is 17.1. The van der Waals surface area contributed by atoms with Crippen LogP contribution in [0.25, 0.3) is 11.3 Å². The predicted molar refractivity (Wildman–Crippen MR) is 133 cm³/mol. The average molecular weight is 472 g/mol. The Balaban J connectivity index is 1.52. The molecule has 1 amide bonds. The second-order valence-corrected chi connectivity index (χ2v) is 7.47. The molecule has 0 radical (unpaired) electrons. The number of aromatic nitrogens is 3. The zero-order chi connectivity index (χ0) is 24.6. The van der Waals surface area contributed by atoms with Gasteiger partial charge in [-0.25, -0.2) is 9.97 Å². The van der Waals surface area contributed by atoms with Gasteiger partial charge >= 0.3 is 0 Å². The molecular formula is C26H25N5O4. The van der Waals surface area contributed by atoms with Crippen LogP contribution in [0.15, 0.2) is 73.2 Å². The molecular weight excluding hydrogens is 446 g/mol. The molecule has 2 aromatic heterocycles. The summed E-state index contributed by atoms with van der Waals surface area (Å²) in [5, 5.41) is 6.10. The fraction of sp³-hybridized carbons (Fsp3) is 0.154. The molecule has 4 aromatic rings. The highest BCUT2D eigenvalue weighted by Gasteiger charge is 2.14. The Morgan fingerprint density at radius 2 is 1.69 bits per heavy atom. The van der Waals surface area contributed by atoms with E-state index in [0.717, 1.165) is 11.1 Å². The van der Waals surface area contributed by atoms with Crippen molar-refractivity contribution in [3.8, 4) is 28.5 Å². The van der Waals surface area contributed by atoms with Crippen LogP contribution in [0.1, 0.15) is 5.56 Å². The molecule has 0 fully saturated rings. The van der Waals surface area contributed by atoms with Gasteiger partial charge in [-0.15, -0.1) is 0 Å². The molecule has 2 heterocycles. The molecule has 0 saturated heterocycles. The Labute approximate surface area is 203 Å². The zero-order valence-electron chi connectivity index (χ0n) is 19.6. The van der Waals surface area contributed by atoms with Gasteiger partial charge in [0.25, 0.3) is 0 Å². The van der Waals surface area contributed by atoms with E-state index in [2.05, 4.69) is 25.6 Å². The molecule has 178 valence electrons. The maximum atomic E-state index is 12.4. The second-order valence-electron chi connectivity index (χ2n) is 7.47. The van der Waals surface area contributed by atoms with Crippen LogP contribution in [0.2, 0.25) is 0 Å². The third kappa shape index (κ3) is 5.83. The maximum absolute atomic E-state index is 12.4. The summed E-state index contributed by atoms with van der Waals surface area (Å²) in [5.41, 5.74) is 3.72. The highest BCUT2D eigenvalue weighted by Crippen LogP contribution is 2.40. The van der Waals surface area contributed by atoms with Gasteiger partial charge in [0, 0.05) is 47.7 Å². The minimum absolute atomic E-state index is 0.123. The van der Waals surface area contributed by atoms with Gasteiger partial charge in [0.15, 0.2) is 11.5 Å². The van der Waals surface area contributed by atoms with Crippen LogP contribution in [0.5, 0.6) is 17.2 Å². The minimum Gasteiger partial charge on any atom is -0.493 e. The lowest BCUT2D eigenvalue weighted by atomic mass is 10.1. The first-order valence-corrected chi connectivity index (χ1v) is 10.8. The van der Waals surface area contributed by atoms with Crippen LogP contribution in [0.3, 0.4) is 0 Å². The van der Waals surface area contributed by atoms with E-state index in [1.54, 1.807) is 58.1 Å². The lowest BCUT2D eigenvalue weighted by molar-refractivity contribution is -0.115. The van der Waals surface area contributed by atoms with Crippen molar-refractivity contribution in [1.29, 1.82) is 0 Å². The monoisotopic (exact) mass is 471 g/mol. The van der Waals surface area contributed by atoms with Crippen LogP contribution in [-0.2, 0) is 11.2 Å². The van der Waals surface area contributed by atoms with Gasteiger partial charge in [0.1, 0.15) is 0 Å². The number of methoxy groups -OCH3 is 3. The van der Waals surface area contributed by atoms with Crippen LogP contribution < -0.4 is 24.8 Å². The van der Waals surface area contributed by atoms with Gasteiger partial charge in [-0.3, -0.25) is 9.78 Å². The van der Waals surface area contributed by atoms with Crippen molar-refractivity contribution >= 4 is 23.2 Å². The number of pyridine rings is 1. The summed E-state index contributed by atoms with van der Waals surface area (Å²) in [6, 6.07) is 16.5. The number of carbonyl (C=O) groups is 1. The van der Waals surface area contributed by atoms with Gasteiger partial charge in [0.05, 0.1) is 33.4 Å². The molecule has 0 aliphatic carbocycles. The second kappa shape index (κ2) is 11.0. The third-order valence-corrected chi connectivity index (χ3v) is 5.11. The van der Waals surface area contributed by atoms with E-state index in [1.165, 1.54) is 0 Å². The number of amides is 1. The maximum Gasteiger partial charge on any atom is 0.228 e. The number of anilines is 3. The SMILES string of the molecule is COc1cc(Nc2nccc(-c3cccc(NC(=O)Cc4cccnc4)c3)n2)cc(OC)c1OC. The fourth-order valence-corrected chi connectivity index (χ4v) is 3.51. The molecule has 35 heavy (non-hydrogen) atoms. The van der Waals surface area contributed by atoms with E-state index >= 15 is 0 Å². The lowest BCUT2D eigenvalue weighted by Crippen LogP contribution is -2.14. The number of nitrogens with one attached hydrogen (secondary N) is 2. The summed E-state index contributed by atoms with van der Waals surface area (Å²) in [6.07, 6.45) is 5.27. The van der Waals surface area contributed by atoms with Crippen LogP contribution in [0, 0.1) is 0 Å². The van der Waals surface area contributed by atoms with Crippen molar-refractivity contribution in [2.24, 2.45) is 0 Å². The molecule has 0 atom stereocenters. The number of nitrogens with zero attached hydrogens (tertiary/aromatic N) is 3. The zero-order valence-corrected chi connectivity index (χ0v) is 19.6. The summed E-state index contributed by atoms with van der Waals surface area (Å²) in [4.78, 5) is 25.4. The van der Waals surface area contributed by atoms with Crippen molar-refractivity contribution in [2.75, 3.05) is 32.0 Å². The molecule has 0 aliphatic heterocycles. The van der Waals surface area contributed by atoms with E-state index in [1.807, 2.05) is 36.4 Å². The third-order valence-electron chi connectivity index (χ3n) is 5.11. The van der Waals surface area contributed by atoms with E-state index in [9.17, 15) is 4.79 Å². The fourth-order valence-electron chi connectivity index (χ4n) is 3.51. The Morgan fingerprint density at radius 1 is 0.886 bits per heavy atom. The van der Waals surface area contributed by atoms with Crippen molar-refractivity contribution in [2.45, 2.75) is 6.42 Å². The first kappa shape index (κ1) is 23.5. The van der Waals surface area contributed by atoms with E-state index in [4.69, 9.17) is 14.2 Å². The largest absolute Gasteiger partial charge is 0.493 e. The summed E-state index contributed by atoms with van der Waals surface area (Å²) in [5.74, 6) is 1.79.